The Hall–Kier alpha value is -1.91. The summed E-state index contributed by atoms with van der Waals surface area (Å²) in [5.41, 5.74) is 1.31. The van der Waals surface area contributed by atoms with Gasteiger partial charge in [-0.25, -0.2) is 4.98 Å². The number of pyridine rings is 1. The maximum atomic E-state index is 12.1. The number of hydrogen-bond donors (Lipinski definition) is 1. The van der Waals surface area contributed by atoms with Gasteiger partial charge in [-0.05, 0) is 18.9 Å². The summed E-state index contributed by atoms with van der Waals surface area (Å²) in [4.78, 5) is 20.4. The Labute approximate surface area is 104 Å². The number of carbonyl (C=O) groups is 1. The van der Waals surface area contributed by atoms with E-state index < -0.39 is 0 Å². The standard InChI is InChI=1S/C13H15N3O2/c17-11-5-3-1-2-4-10(11)16-8-14-9-6-7-12(18)15-13(9)16/h6-8,10H,1-5H2,(H,15,18). The zero-order valence-electron chi connectivity index (χ0n) is 10.0. The summed E-state index contributed by atoms with van der Waals surface area (Å²) in [5.74, 6) is 0.210. The molecule has 0 aliphatic heterocycles. The molecule has 1 atom stereocenters. The van der Waals surface area contributed by atoms with Crippen LogP contribution in [0.25, 0.3) is 11.2 Å². The van der Waals surface area contributed by atoms with Crippen LogP contribution in [0.2, 0.25) is 0 Å². The molecule has 0 saturated heterocycles. The van der Waals surface area contributed by atoms with E-state index in [1.807, 2.05) is 4.57 Å². The normalized spacial score (nSPS) is 21.1. The first-order chi connectivity index (χ1) is 8.75. The van der Waals surface area contributed by atoms with Crippen molar-refractivity contribution in [2.75, 3.05) is 0 Å². The third kappa shape index (κ3) is 1.85. The van der Waals surface area contributed by atoms with Crippen molar-refractivity contribution in [3.8, 4) is 5.88 Å². The molecule has 1 fully saturated rings. The van der Waals surface area contributed by atoms with Crippen molar-refractivity contribution < 1.29 is 9.90 Å². The third-order valence-electron chi connectivity index (χ3n) is 3.51. The first-order valence-corrected chi connectivity index (χ1v) is 6.31. The second-order valence-corrected chi connectivity index (χ2v) is 4.75. The zero-order chi connectivity index (χ0) is 12.5. The third-order valence-corrected chi connectivity index (χ3v) is 3.51. The molecule has 1 unspecified atom stereocenters. The van der Waals surface area contributed by atoms with Crippen molar-refractivity contribution in [3.05, 3.63) is 18.5 Å². The highest BCUT2D eigenvalue weighted by atomic mass is 16.3. The van der Waals surface area contributed by atoms with Gasteiger partial charge in [-0.3, -0.25) is 4.79 Å². The van der Waals surface area contributed by atoms with Gasteiger partial charge >= 0.3 is 0 Å². The smallest absolute Gasteiger partial charge is 0.212 e. The van der Waals surface area contributed by atoms with Gasteiger partial charge in [0, 0.05) is 12.5 Å². The van der Waals surface area contributed by atoms with Crippen LogP contribution in [-0.4, -0.2) is 25.4 Å². The van der Waals surface area contributed by atoms with Crippen LogP contribution < -0.4 is 0 Å². The monoisotopic (exact) mass is 245 g/mol. The van der Waals surface area contributed by atoms with Gasteiger partial charge < -0.3 is 9.67 Å². The summed E-state index contributed by atoms with van der Waals surface area (Å²) in [6, 6.07) is 3.05. The summed E-state index contributed by atoms with van der Waals surface area (Å²) in [6.45, 7) is 0. The Bertz CT molecular complexity index is 591. The number of Topliss-reactive ketones (excluding diaryl/α,β-unsaturated/α-hetero) is 1. The molecule has 94 valence electrons. The van der Waals surface area contributed by atoms with Gasteiger partial charge in [0.25, 0.3) is 0 Å². The van der Waals surface area contributed by atoms with Crippen molar-refractivity contribution in [2.24, 2.45) is 0 Å². The SMILES string of the molecule is O=C1CCCCCC1n1cnc2ccc(O)nc21. The van der Waals surface area contributed by atoms with Crippen LogP contribution in [-0.2, 0) is 4.79 Å². The summed E-state index contributed by atoms with van der Waals surface area (Å²) >= 11 is 0. The topological polar surface area (TPSA) is 68.0 Å². The molecule has 18 heavy (non-hydrogen) atoms. The zero-order valence-corrected chi connectivity index (χ0v) is 10.0. The highest BCUT2D eigenvalue weighted by Crippen LogP contribution is 2.27. The number of hydrogen-bond acceptors (Lipinski definition) is 4. The molecule has 5 heteroatoms. The quantitative estimate of drug-likeness (QED) is 0.782. The van der Waals surface area contributed by atoms with E-state index in [-0.39, 0.29) is 17.7 Å². The second-order valence-electron chi connectivity index (χ2n) is 4.75. The number of ketones is 1. The molecule has 3 rings (SSSR count). The Kier molecular flexibility index (Phi) is 2.74. The van der Waals surface area contributed by atoms with E-state index in [1.165, 1.54) is 6.07 Å². The molecule has 1 aliphatic rings. The van der Waals surface area contributed by atoms with Crippen LogP contribution in [0.4, 0.5) is 0 Å². The van der Waals surface area contributed by atoms with E-state index >= 15 is 0 Å². The van der Waals surface area contributed by atoms with Crippen molar-refractivity contribution in [2.45, 2.75) is 38.1 Å². The summed E-state index contributed by atoms with van der Waals surface area (Å²) in [6.07, 6.45) is 6.25. The lowest BCUT2D eigenvalue weighted by Gasteiger charge is -2.14. The summed E-state index contributed by atoms with van der Waals surface area (Å²) in [7, 11) is 0. The first kappa shape index (κ1) is 11.2. The highest BCUT2D eigenvalue weighted by Gasteiger charge is 2.24. The van der Waals surface area contributed by atoms with Crippen molar-refractivity contribution >= 4 is 16.9 Å². The van der Waals surface area contributed by atoms with Crippen molar-refractivity contribution in [1.82, 2.24) is 14.5 Å². The lowest BCUT2D eigenvalue weighted by molar-refractivity contribution is -0.122. The molecule has 1 N–H and O–H groups in total. The van der Waals surface area contributed by atoms with Crippen molar-refractivity contribution in [3.63, 3.8) is 0 Å². The van der Waals surface area contributed by atoms with Crippen LogP contribution in [0.3, 0.4) is 0 Å². The molecule has 1 saturated carbocycles. The van der Waals surface area contributed by atoms with Gasteiger partial charge in [0.05, 0.1) is 12.4 Å². The number of aromatic nitrogens is 3. The van der Waals surface area contributed by atoms with E-state index in [4.69, 9.17) is 0 Å². The average molecular weight is 245 g/mol. The summed E-state index contributed by atoms with van der Waals surface area (Å²) in [5, 5.41) is 9.46. The van der Waals surface area contributed by atoms with Crippen molar-refractivity contribution in [1.29, 1.82) is 0 Å². The van der Waals surface area contributed by atoms with Gasteiger partial charge in [0.1, 0.15) is 5.52 Å². The Morgan fingerprint density at radius 2 is 2.17 bits per heavy atom. The fourth-order valence-electron chi connectivity index (χ4n) is 2.56. The minimum Gasteiger partial charge on any atom is -0.493 e. The number of fused-ring (bicyclic) bond motifs is 1. The largest absolute Gasteiger partial charge is 0.493 e. The first-order valence-electron chi connectivity index (χ1n) is 6.31. The van der Waals surface area contributed by atoms with Crippen LogP contribution in [0.1, 0.15) is 38.1 Å². The molecule has 0 spiro atoms. The van der Waals surface area contributed by atoms with E-state index in [0.29, 0.717) is 17.6 Å². The Morgan fingerprint density at radius 1 is 1.28 bits per heavy atom. The molecule has 5 nitrogen and oxygen atoms in total. The van der Waals surface area contributed by atoms with Gasteiger partial charge in [-0.2, -0.15) is 4.98 Å². The van der Waals surface area contributed by atoms with E-state index in [9.17, 15) is 9.90 Å². The van der Waals surface area contributed by atoms with E-state index in [2.05, 4.69) is 9.97 Å². The number of imidazole rings is 1. The van der Waals surface area contributed by atoms with Crippen LogP contribution in [0.5, 0.6) is 5.88 Å². The molecular formula is C13H15N3O2. The number of rotatable bonds is 1. The van der Waals surface area contributed by atoms with Gasteiger partial charge in [0.15, 0.2) is 11.4 Å². The molecule has 2 aromatic rings. The molecule has 0 radical (unpaired) electrons. The van der Waals surface area contributed by atoms with E-state index in [0.717, 1.165) is 25.7 Å². The van der Waals surface area contributed by atoms with Gasteiger partial charge in [0.2, 0.25) is 5.88 Å². The minimum atomic E-state index is -0.174. The van der Waals surface area contributed by atoms with E-state index in [1.54, 1.807) is 12.4 Å². The minimum absolute atomic E-state index is 0.0367. The molecule has 0 bridgehead atoms. The molecule has 2 heterocycles. The Morgan fingerprint density at radius 3 is 3.06 bits per heavy atom. The predicted octanol–water partition coefficient (Wildman–Crippen LogP) is 2.21. The fraction of sp³-hybridized carbons (Fsp3) is 0.462. The lowest BCUT2D eigenvalue weighted by atomic mass is 10.1. The van der Waals surface area contributed by atoms with Gasteiger partial charge in [-0.15, -0.1) is 0 Å². The number of carbonyl (C=O) groups excluding carboxylic acids is 1. The molecular weight excluding hydrogens is 230 g/mol. The van der Waals surface area contributed by atoms with Gasteiger partial charge in [-0.1, -0.05) is 12.8 Å². The van der Waals surface area contributed by atoms with Crippen LogP contribution >= 0.6 is 0 Å². The fourth-order valence-corrected chi connectivity index (χ4v) is 2.56. The molecule has 0 aromatic carbocycles. The lowest BCUT2D eigenvalue weighted by Crippen LogP contribution is -2.17. The summed E-state index contributed by atoms with van der Waals surface area (Å²) < 4.78 is 1.81. The molecule has 1 aliphatic carbocycles. The van der Waals surface area contributed by atoms with Crippen LogP contribution in [0.15, 0.2) is 18.5 Å². The second kappa shape index (κ2) is 4.40. The highest BCUT2D eigenvalue weighted by molar-refractivity contribution is 5.84. The predicted molar refractivity (Wildman–Crippen MR) is 66.3 cm³/mol. The van der Waals surface area contributed by atoms with Crippen LogP contribution in [0, 0.1) is 0 Å². The maximum absolute atomic E-state index is 12.1. The molecule has 2 aromatic heterocycles. The molecule has 0 amide bonds. The average Bonchev–Trinajstić information content (AvgIpc) is 2.64. The number of nitrogens with zero attached hydrogens (tertiary/aromatic N) is 3. The Balaban J connectivity index is 2.07. The number of aromatic hydroxyl groups is 1. The maximum Gasteiger partial charge on any atom is 0.212 e.